The summed E-state index contributed by atoms with van der Waals surface area (Å²) in [4.78, 5) is 39.2. The van der Waals surface area contributed by atoms with E-state index in [9.17, 15) is 14.4 Å². The minimum atomic E-state index is -0.372. The van der Waals surface area contributed by atoms with Gasteiger partial charge in [-0.15, -0.1) is 0 Å². The third-order valence-electron chi connectivity index (χ3n) is 7.73. The molecule has 1 aromatic heterocycles. The average Bonchev–Trinajstić information content (AvgIpc) is 3.15. The van der Waals surface area contributed by atoms with Crippen molar-refractivity contribution in [1.29, 1.82) is 0 Å². The van der Waals surface area contributed by atoms with Gasteiger partial charge in [0.1, 0.15) is 0 Å². The second kappa shape index (κ2) is 8.56. The van der Waals surface area contributed by atoms with Crippen molar-refractivity contribution in [2.24, 2.45) is 18.9 Å². The number of rotatable bonds is 4. The molecule has 2 aromatic rings. The molecule has 0 saturated carbocycles. The number of carbonyl (C=O) groups excluding carboxylic acids is 3. The van der Waals surface area contributed by atoms with Crippen LogP contribution in [0.15, 0.2) is 18.2 Å². The quantitative estimate of drug-likeness (QED) is 0.585. The number of benzene rings is 1. The molecule has 0 aliphatic carbocycles. The number of aryl methyl sites for hydroxylation is 1. The summed E-state index contributed by atoms with van der Waals surface area (Å²) < 4.78 is 1.85. The third-order valence-corrected chi connectivity index (χ3v) is 7.73. The number of likely N-dealkylation sites (tertiary alicyclic amines) is 1. The predicted octanol–water partition coefficient (Wildman–Crippen LogP) is 2.18. The molecule has 32 heavy (non-hydrogen) atoms. The summed E-state index contributed by atoms with van der Waals surface area (Å²) in [5.41, 5.74) is 2.98. The van der Waals surface area contributed by atoms with Gasteiger partial charge in [-0.05, 0) is 62.1 Å². The topological polar surface area (TPSA) is 87.5 Å². The first-order chi connectivity index (χ1) is 15.5. The molecule has 3 aliphatic heterocycles. The summed E-state index contributed by atoms with van der Waals surface area (Å²) in [6, 6.07) is 6.40. The van der Waals surface area contributed by atoms with Crippen LogP contribution in [-0.2, 0) is 21.4 Å². The molecule has 3 amide bonds. The Balaban J connectivity index is 1.28. The molecule has 8 nitrogen and oxygen atoms in total. The fourth-order valence-electron chi connectivity index (χ4n) is 5.81. The van der Waals surface area contributed by atoms with E-state index in [2.05, 4.69) is 33.5 Å². The minimum absolute atomic E-state index is 0.202. The van der Waals surface area contributed by atoms with Crippen molar-refractivity contribution in [3.05, 3.63) is 23.9 Å². The second-order valence-corrected chi connectivity index (χ2v) is 9.52. The molecule has 0 radical (unpaired) electrons. The highest BCUT2D eigenvalue weighted by Gasteiger charge is 2.32. The Morgan fingerprint density at radius 2 is 1.69 bits per heavy atom. The largest absolute Gasteiger partial charge is 0.371 e. The van der Waals surface area contributed by atoms with Gasteiger partial charge in [0.15, 0.2) is 0 Å². The van der Waals surface area contributed by atoms with E-state index >= 15 is 0 Å². The zero-order valence-corrected chi connectivity index (χ0v) is 18.6. The van der Waals surface area contributed by atoms with Crippen LogP contribution in [-0.4, -0.2) is 59.1 Å². The lowest BCUT2D eigenvalue weighted by molar-refractivity contribution is -0.134. The summed E-state index contributed by atoms with van der Waals surface area (Å²) in [5.74, 6) is 0.671. The van der Waals surface area contributed by atoms with Crippen LogP contribution < -0.4 is 10.2 Å². The van der Waals surface area contributed by atoms with Gasteiger partial charge in [-0.1, -0.05) is 0 Å². The smallest absolute Gasteiger partial charge is 0.235 e. The van der Waals surface area contributed by atoms with Crippen LogP contribution >= 0.6 is 0 Å². The fraction of sp³-hybridized carbons (Fsp3) is 0.583. The number of nitrogens with one attached hydrogen (secondary N) is 1. The highest BCUT2D eigenvalue weighted by molar-refractivity contribution is 6.02. The van der Waals surface area contributed by atoms with Gasteiger partial charge in [0.2, 0.25) is 18.2 Å². The number of piperidine rings is 3. The van der Waals surface area contributed by atoms with Gasteiger partial charge >= 0.3 is 0 Å². The maximum Gasteiger partial charge on any atom is 0.235 e. The molecule has 5 rings (SSSR count). The number of anilines is 1. The Labute approximate surface area is 187 Å². The van der Waals surface area contributed by atoms with Crippen molar-refractivity contribution in [2.45, 2.75) is 44.4 Å². The molecule has 3 aliphatic rings. The maximum atomic E-state index is 12.4. The van der Waals surface area contributed by atoms with E-state index in [-0.39, 0.29) is 17.7 Å². The van der Waals surface area contributed by atoms with Crippen LogP contribution in [0.3, 0.4) is 0 Å². The second-order valence-electron chi connectivity index (χ2n) is 9.52. The SMILES string of the molecule is Cn1nc(C2CCC(=O)NC2=O)c2ccc(N3CCC(C4CCN(C=O)CC4)CC3)cc21. The summed E-state index contributed by atoms with van der Waals surface area (Å²) in [5, 5.41) is 8.09. The molecular weight excluding hydrogens is 406 g/mol. The molecule has 170 valence electrons. The van der Waals surface area contributed by atoms with E-state index < -0.39 is 0 Å². The van der Waals surface area contributed by atoms with Crippen LogP contribution in [0.2, 0.25) is 0 Å². The van der Waals surface area contributed by atoms with Crippen molar-refractivity contribution >= 4 is 34.8 Å². The molecule has 1 atom stereocenters. The lowest BCUT2D eigenvalue weighted by atomic mass is 9.79. The number of hydrogen-bond donors (Lipinski definition) is 1. The number of amides is 3. The van der Waals surface area contributed by atoms with Crippen molar-refractivity contribution in [2.75, 3.05) is 31.1 Å². The van der Waals surface area contributed by atoms with Gasteiger partial charge in [-0.3, -0.25) is 24.4 Å². The summed E-state index contributed by atoms with van der Waals surface area (Å²) in [7, 11) is 1.92. The normalized spacial score (nSPS) is 23.6. The van der Waals surface area contributed by atoms with Gasteiger partial charge in [0.25, 0.3) is 0 Å². The number of nitrogens with zero attached hydrogens (tertiary/aromatic N) is 4. The number of hydrogen-bond acceptors (Lipinski definition) is 5. The Hall–Kier alpha value is -2.90. The number of fused-ring (bicyclic) bond motifs is 1. The van der Waals surface area contributed by atoms with Gasteiger partial charge < -0.3 is 9.80 Å². The monoisotopic (exact) mass is 437 g/mol. The van der Waals surface area contributed by atoms with E-state index in [1.54, 1.807) is 0 Å². The Bertz CT molecular complexity index is 1030. The summed E-state index contributed by atoms with van der Waals surface area (Å²) in [6.07, 6.45) is 6.50. The fourth-order valence-corrected chi connectivity index (χ4v) is 5.81. The molecule has 0 spiro atoms. The van der Waals surface area contributed by atoms with Crippen molar-refractivity contribution < 1.29 is 14.4 Å². The number of aromatic nitrogens is 2. The molecule has 0 bridgehead atoms. The van der Waals surface area contributed by atoms with Gasteiger partial charge in [0.05, 0.1) is 17.1 Å². The Morgan fingerprint density at radius 3 is 2.34 bits per heavy atom. The highest BCUT2D eigenvalue weighted by Crippen LogP contribution is 2.36. The van der Waals surface area contributed by atoms with E-state index in [0.29, 0.717) is 12.8 Å². The van der Waals surface area contributed by atoms with Gasteiger partial charge in [-0.25, -0.2) is 0 Å². The van der Waals surface area contributed by atoms with Crippen LogP contribution in [0.4, 0.5) is 5.69 Å². The number of imide groups is 1. The highest BCUT2D eigenvalue weighted by atomic mass is 16.2. The first kappa shape index (κ1) is 21.0. The Morgan fingerprint density at radius 1 is 1.00 bits per heavy atom. The lowest BCUT2D eigenvalue weighted by Crippen LogP contribution is -2.40. The molecular formula is C24H31N5O3. The Kier molecular flexibility index (Phi) is 5.61. The summed E-state index contributed by atoms with van der Waals surface area (Å²) >= 11 is 0. The first-order valence-electron chi connectivity index (χ1n) is 11.8. The average molecular weight is 438 g/mol. The maximum absolute atomic E-state index is 12.4. The molecule has 4 heterocycles. The minimum Gasteiger partial charge on any atom is -0.371 e. The zero-order chi connectivity index (χ0) is 22.2. The number of carbonyl (C=O) groups is 3. The molecule has 8 heteroatoms. The van der Waals surface area contributed by atoms with Crippen LogP contribution in [0.5, 0.6) is 0 Å². The van der Waals surface area contributed by atoms with Crippen molar-refractivity contribution in [3.63, 3.8) is 0 Å². The van der Waals surface area contributed by atoms with Crippen molar-refractivity contribution in [1.82, 2.24) is 20.0 Å². The molecule has 1 unspecified atom stereocenters. The van der Waals surface area contributed by atoms with Gasteiger partial charge in [0, 0.05) is 50.7 Å². The van der Waals surface area contributed by atoms with Crippen LogP contribution in [0.1, 0.15) is 50.1 Å². The molecule has 3 fully saturated rings. The van der Waals surface area contributed by atoms with E-state index in [1.165, 1.54) is 18.5 Å². The first-order valence-corrected chi connectivity index (χ1v) is 11.8. The lowest BCUT2D eigenvalue weighted by Gasteiger charge is -2.40. The molecule has 3 saturated heterocycles. The van der Waals surface area contributed by atoms with Crippen molar-refractivity contribution in [3.8, 4) is 0 Å². The van der Waals surface area contributed by atoms with E-state index in [4.69, 9.17) is 0 Å². The molecule has 1 aromatic carbocycles. The summed E-state index contributed by atoms with van der Waals surface area (Å²) in [6.45, 7) is 3.89. The standard InChI is InChI=1S/C24H31N5O3/c1-27-21-14-18(2-3-19(21)23(26-27)20-4-5-22(31)25-24(20)32)29-12-8-17(9-13-29)16-6-10-28(15-30)11-7-16/h2-3,14-17,20H,4-13H2,1H3,(H,25,31,32). The van der Waals surface area contributed by atoms with Crippen LogP contribution in [0.25, 0.3) is 10.9 Å². The third kappa shape index (κ3) is 3.87. The molecule has 1 N–H and O–H groups in total. The van der Waals surface area contributed by atoms with E-state index in [1.807, 2.05) is 16.6 Å². The van der Waals surface area contributed by atoms with Crippen LogP contribution in [0, 0.1) is 11.8 Å². The van der Waals surface area contributed by atoms with Gasteiger partial charge in [-0.2, -0.15) is 5.10 Å². The zero-order valence-electron chi connectivity index (χ0n) is 18.6. The van der Waals surface area contributed by atoms with E-state index in [0.717, 1.165) is 73.9 Å². The predicted molar refractivity (Wildman–Crippen MR) is 121 cm³/mol.